The molecule has 1 aromatic rings. The second-order valence-corrected chi connectivity index (χ2v) is 4.17. The lowest BCUT2D eigenvalue weighted by Gasteiger charge is -1.88. The highest BCUT2D eigenvalue weighted by atomic mass is 127. The summed E-state index contributed by atoms with van der Waals surface area (Å²) in [6.07, 6.45) is 1.74. The maximum absolute atomic E-state index is 4.03. The van der Waals surface area contributed by atoms with Crippen molar-refractivity contribution < 1.29 is 0 Å². The van der Waals surface area contributed by atoms with Gasteiger partial charge in [-0.3, -0.25) is 0 Å². The molecular formula is C7H3BrINS. The number of rotatable bonds is 0. The van der Waals surface area contributed by atoms with Crippen molar-refractivity contribution in [2.45, 2.75) is 0 Å². The molecule has 1 rings (SSSR count). The van der Waals surface area contributed by atoms with E-state index in [9.17, 15) is 0 Å². The summed E-state index contributed by atoms with van der Waals surface area (Å²) >= 11 is 5.38. The lowest BCUT2D eigenvalue weighted by Crippen LogP contribution is -1.76. The van der Waals surface area contributed by atoms with Gasteiger partial charge in [0.2, 0.25) is 0 Å². The Morgan fingerprint density at radius 1 is 1.55 bits per heavy atom. The largest absolute Gasteiger partial charge is 0.248 e. The average Bonchev–Trinajstić information content (AvgIpc) is 2.04. The Balaban J connectivity index is 2.82. The molecule has 11 heavy (non-hydrogen) atoms. The van der Waals surface area contributed by atoms with Gasteiger partial charge < -0.3 is 0 Å². The third-order valence-corrected chi connectivity index (χ3v) is 2.27. The zero-order valence-electron chi connectivity index (χ0n) is 5.34. The Hall–Kier alpha value is 0.270. The summed E-state index contributed by atoms with van der Waals surface area (Å²) in [5.74, 6) is 2.94. The molecule has 0 aliphatic rings. The molecule has 0 atom stereocenters. The molecule has 0 N–H and O–H groups in total. The van der Waals surface area contributed by atoms with E-state index in [1.807, 2.05) is 12.1 Å². The normalized spacial score (nSPS) is 8.55. The van der Waals surface area contributed by atoms with E-state index in [0.29, 0.717) is 0 Å². The van der Waals surface area contributed by atoms with Crippen LogP contribution >= 0.6 is 46.1 Å². The van der Waals surface area contributed by atoms with Gasteiger partial charge in [0.15, 0.2) is 0 Å². The molecule has 0 unspecified atom stereocenters. The number of aromatic nitrogens is 1. The first-order chi connectivity index (χ1) is 5.33. The van der Waals surface area contributed by atoms with Gasteiger partial charge in [0, 0.05) is 33.0 Å². The standard InChI is InChI=1S/C7H3BrINS/c8-7-2-1-6(5-10-7)3-4-11-9/h1-2,5H. The summed E-state index contributed by atoms with van der Waals surface area (Å²) in [6, 6.07) is 3.80. The third-order valence-electron chi connectivity index (χ3n) is 0.961. The molecule has 56 valence electrons. The molecule has 0 aliphatic carbocycles. The van der Waals surface area contributed by atoms with Gasteiger partial charge in [-0.15, -0.1) is 0 Å². The van der Waals surface area contributed by atoms with E-state index in [2.05, 4.69) is 53.3 Å². The van der Waals surface area contributed by atoms with Crippen LogP contribution in [0.25, 0.3) is 0 Å². The third kappa shape index (κ3) is 3.45. The molecular weight excluding hydrogens is 337 g/mol. The number of hydrogen-bond donors (Lipinski definition) is 0. The van der Waals surface area contributed by atoms with Crippen LogP contribution in [0.4, 0.5) is 0 Å². The molecule has 0 saturated carbocycles. The van der Waals surface area contributed by atoms with Gasteiger partial charge in [0.25, 0.3) is 0 Å². The fraction of sp³-hybridized carbons (Fsp3) is 0. The molecule has 0 bridgehead atoms. The SMILES string of the molecule is Brc1ccc(C#CSI)cn1. The van der Waals surface area contributed by atoms with Crippen LogP contribution in [0.5, 0.6) is 0 Å². The second kappa shape index (κ2) is 5.01. The van der Waals surface area contributed by atoms with Crippen molar-refractivity contribution in [3.63, 3.8) is 0 Å². The molecule has 0 aliphatic heterocycles. The molecule has 0 amide bonds. The minimum absolute atomic E-state index is 0.838. The Morgan fingerprint density at radius 2 is 2.36 bits per heavy atom. The van der Waals surface area contributed by atoms with Crippen LogP contribution < -0.4 is 0 Å². The highest BCUT2D eigenvalue weighted by Crippen LogP contribution is 2.09. The maximum Gasteiger partial charge on any atom is 0.106 e. The average molecular weight is 340 g/mol. The molecule has 0 spiro atoms. The van der Waals surface area contributed by atoms with Crippen LogP contribution in [0.15, 0.2) is 22.9 Å². The zero-order valence-corrected chi connectivity index (χ0v) is 9.90. The quantitative estimate of drug-likeness (QED) is 0.409. The van der Waals surface area contributed by atoms with Gasteiger partial charge in [-0.25, -0.2) is 4.98 Å². The van der Waals surface area contributed by atoms with Gasteiger partial charge in [-0.05, 0) is 42.2 Å². The maximum atomic E-state index is 4.03. The van der Waals surface area contributed by atoms with Crippen molar-refractivity contribution in [3.8, 4) is 11.2 Å². The van der Waals surface area contributed by atoms with Crippen LogP contribution in [-0.4, -0.2) is 4.98 Å². The highest BCUT2D eigenvalue weighted by molar-refractivity contribution is 14.2. The molecule has 0 aromatic carbocycles. The van der Waals surface area contributed by atoms with Gasteiger partial charge >= 0.3 is 0 Å². The van der Waals surface area contributed by atoms with Crippen molar-refractivity contribution in [2.75, 3.05) is 0 Å². The number of pyridine rings is 1. The van der Waals surface area contributed by atoms with Crippen molar-refractivity contribution in [1.29, 1.82) is 0 Å². The van der Waals surface area contributed by atoms with Crippen molar-refractivity contribution in [3.05, 3.63) is 28.5 Å². The van der Waals surface area contributed by atoms with E-state index < -0.39 is 0 Å². The Labute approximate surface area is 90.1 Å². The smallest absolute Gasteiger partial charge is 0.106 e. The summed E-state index contributed by atoms with van der Waals surface area (Å²) in [5.41, 5.74) is 0.942. The van der Waals surface area contributed by atoms with E-state index in [0.717, 1.165) is 10.2 Å². The Morgan fingerprint density at radius 3 is 2.91 bits per heavy atom. The van der Waals surface area contributed by atoms with E-state index in [1.165, 1.54) is 8.93 Å². The molecule has 0 radical (unpaired) electrons. The minimum Gasteiger partial charge on any atom is -0.248 e. The fourth-order valence-corrected chi connectivity index (χ4v) is 1.25. The van der Waals surface area contributed by atoms with Crippen molar-refractivity contribution >= 4 is 46.1 Å². The predicted molar refractivity (Wildman–Crippen MR) is 60.4 cm³/mol. The van der Waals surface area contributed by atoms with Crippen LogP contribution in [0.2, 0.25) is 0 Å². The summed E-state index contributed by atoms with van der Waals surface area (Å²) in [7, 11) is 1.47. The van der Waals surface area contributed by atoms with Crippen LogP contribution in [0.3, 0.4) is 0 Å². The van der Waals surface area contributed by atoms with Crippen LogP contribution in [-0.2, 0) is 0 Å². The van der Waals surface area contributed by atoms with Crippen molar-refractivity contribution in [2.24, 2.45) is 0 Å². The minimum atomic E-state index is 0.838. The topological polar surface area (TPSA) is 12.9 Å². The number of hydrogen-bond acceptors (Lipinski definition) is 2. The van der Waals surface area contributed by atoms with E-state index >= 15 is 0 Å². The Kier molecular flexibility index (Phi) is 4.26. The van der Waals surface area contributed by atoms with Gasteiger partial charge in [-0.2, -0.15) is 0 Å². The lowest BCUT2D eigenvalue weighted by molar-refractivity contribution is 1.26. The Bertz CT molecular complexity index is 288. The molecule has 0 saturated heterocycles. The molecule has 4 heteroatoms. The summed E-state index contributed by atoms with van der Waals surface area (Å²) in [5, 5.41) is 2.88. The fourth-order valence-electron chi connectivity index (χ4n) is 0.528. The number of nitrogens with zero attached hydrogens (tertiary/aromatic N) is 1. The van der Waals surface area contributed by atoms with Crippen LogP contribution in [0, 0.1) is 11.2 Å². The van der Waals surface area contributed by atoms with E-state index in [4.69, 9.17) is 0 Å². The molecule has 1 heterocycles. The first kappa shape index (κ1) is 9.36. The zero-order chi connectivity index (χ0) is 8.10. The first-order valence-corrected chi connectivity index (χ1v) is 6.88. The highest BCUT2D eigenvalue weighted by Gasteiger charge is 1.86. The first-order valence-electron chi connectivity index (χ1n) is 2.73. The van der Waals surface area contributed by atoms with Gasteiger partial charge in [0.05, 0.1) is 0 Å². The second-order valence-electron chi connectivity index (χ2n) is 1.67. The van der Waals surface area contributed by atoms with E-state index in [1.54, 1.807) is 6.20 Å². The summed E-state index contributed by atoms with van der Waals surface area (Å²) in [6.45, 7) is 0. The molecule has 1 aromatic heterocycles. The van der Waals surface area contributed by atoms with Crippen LogP contribution in [0.1, 0.15) is 5.56 Å². The van der Waals surface area contributed by atoms with Gasteiger partial charge in [0.1, 0.15) is 4.60 Å². The molecule has 0 fully saturated rings. The van der Waals surface area contributed by atoms with Gasteiger partial charge in [-0.1, -0.05) is 5.92 Å². The lowest BCUT2D eigenvalue weighted by atomic mass is 10.3. The molecule has 1 nitrogen and oxygen atoms in total. The summed E-state index contributed by atoms with van der Waals surface area (Å²) in [4.78, 5) is 4.03. The monoisotopic (exact) mass is 339 g/mol. The van der Waals surface area contributed by atoms with Crippen molar-refractivity contribution in [1.82, 2.24) is 4.98 Å². The van der Waals surface area contributed by atoms with E-state index in [-0.39, 0.29) is 0 Å². The number of halogens is 2. The summed E-state index contributed by atoms with van der Waals surface area (Å²) < 4.78 is 0.838. The predicted octanol–water partition coefficient (Wildman–Crippen LogP) is 3.24.